The van der Waals surface area contributed by atoms with Crippen molar-refractivity contribution in [1.82, 2.24) is 14.7 Å². The third-order valence-electron chi connectivity index (χ3n) is 11.2. The highest BCUT2D eigenvalue weighted by Gasteiger charge is 2.43. The Kier molecular flexibility index (Phi) is 9.75. The van der Waals surface area contributed by atoms with Gasteiger partial charge >= 0.3 is 5.97 Å². The van der Waals surface area contributed by atoms with Gasteiger partial charge in [-0.15, -0.1) is 0 Å². The van der Waals surface area contributed by atoms with Crippen LogP contribution in [0.3, 0.4) is 0 Å². The maximum Gasteiger partial charge on any atom is 0.307 e. The Bertz CT molecular complexity index is 1590. The van der Waals surface area contributed by atoms with Crippen LogP contribution in [0.25, 0.3) is 10.8 Å². The van der Waals surface area contributed by atoms with Gasteiger partial charge in [0.05, 0.1) is 11.6 Å². The Morgan fingerprint density at radius 3 is 2.47 bits per heavy atom. The molecular weight excluding hydrogens is 554 g/mol. The molecule has 6 rings (SSSR count). The number of piperidine rings is 1. The number of rotatable bonds is 11. The number of carbonyl (C=O) groups is 1. The minimum atomic E-state index is -0.605. The fraction of sp³-hybridized carbons (Fsp3) is 0.500. The summed E-state index contributed by atoms with van der Waals surface area (Å²) in [5.74, 6) is 1.03. The van der Waals surface area contributed by atoms with E-state index in [2.05, 4.69) is 110 Å². The first kappa shape index (κ1) is 31.5. The number of aryl methyl sites for hydroxylation is 2. The van der Waals surface area contributed by atoms with Crippen molar-refractivity contribution in [3.8, 4) is 0 Å². The van der Waals surface area contributed by atoms with Crippen LogP contribution in [-0.2, 0) is 17.8 Å². The third kappa shape index (κ3) is 6.89. The van der Waals surface area contributed by atoms with Crippen LogP contribution >= 0.6 is 0 Å². The minimum Gasteiger partial charge on any atom is -0.481 e. The molecule has 1 saturated heterocycles. The maximum atomic E-state index is 12.4. The van der Waals surface area contributed by atoms with Crippen LogP contribution in [0.15, 0.2) is 72.8 Å². The molecule has 2 fully saturated rings. The first-order valence-corrected chi connectivity index (χ1v) is 17.4. The molecule has 1 unspecified atom stereocenters. The second kappa shape index (κ2) is 13.9. The van der Waals surface area contributed by atoms with Crippen molar-refractivity contribution >= 4 is 16.7 Å². The molecule has 1 aliphatic heterocycles. The molecule has 238 valence electrons. The van der Waals surface area contributed by atoms with Crippen molar-refractivity contribution in [3.05, 3.63) is 101 Å². The second-order valence-corrected chi connectivity index (χ2v) is 14.0. The zero-order chi connectivity index (χ0) is 31.5. The zero-order valence-electron chi connectivity index (χ0n) is 27.7. The monoisotopic (exact) mass is 605 g/mol. The van der Waals surface area contributed by atoms with Gasteiger partial charge in [-0.1, -0.05) is 92.6 Å². The molecule has 1 aliphatic carbocycles. The van der Waals surface area contributed by atoms with Crippen molar-refractivity contribution in [2.24, 2.45) is 23.7 Å². The van der Waals surface area contributed by atoms with Crippen LogP contribution in [0.5, 0.6) is 0 Å². The summed E-state index contributed by atoms with van der Waals surface area (Å²) < 4.78 is 2.25. The maximum absolute atomic E-state index is 12.4. The normalized spacial score (nSPS) is 22.5. The van der Waals surface area contributed by atoms with Crippen LogP contribution in [-0.4, -0.2) is 45.4 Å². The van der Waals surface area contributed by atoms with E-state index in [1.165, 1.54) is 33.2 Å². The van der Waals surface area contributed by atoms with Gasteiger partial charge in [0.2, 0.25) is 0 Å². The molecule has 1 N–H and O–H groups in total. The van der Waals surface area contributed by atoms with E-state index in [1.54, 1.807) is 0 Å². The predicted octanol–water partition coefficient (Wildman–Crippen LogP) is 8.69. The van der Waals surface area contributed by atoms with Gasteiger partial charge in [-0.3, -0.25) is 9.48 Å². The standard InChI is InChI=1S/C40H51N3O2/c1-5-28(4)39(40(44)45)33-22-34(37(24-33)31-14-9-11-27(3)21-31)26-42-19-17-30(18-20-42)38-25-35(41-43(38)6-2)23-32-15-10-13-29-12-7-8-16-36(29)32/h7-16,21,25,28,30,33-34,37,39H,5-6,17-20,22-24,26H2,1-4H3,(H,44,45)/t28-,33?,34+,37+,39-/m0/s1. The van der Waals surface area contributed by atoms with Gasteiger partial charge in [0.1, 0.15) is 0 Å². The summed E-state index contributed by atoms with van der Waals surface area (Å²) in [6, 6.07) is 26.6. The smallest absolute Gasteiger partial charge is 0.307 e. The van der Waals surface area contributed by atoms with Crippen LogP contribution in [0.1, 0.15) is 92.8 Å². The number of fused-ring (bicyclic) bond motifs is 1. The lowest BCUT2D eigenvalue weighted by atomic mass is 9.79. The van der Waals surface area contributed by atoms with Gasteiger partial charge in [0, 0.05) is 31.1 Å². The van der Waals surface area contributed by atoms with E-state index < -0.39 is 5.97 Å². The topological polar surface area (TPSA) is 58.4 Å². The summed E-state index contributed by atoms with van der Waals surface area (Å²) in [5.41, 5.74) is 6.59. The summed E-state index contributed by atoms with van der Waals surface area (Å²) in [4.78, 5) is 15.1. The van der Waals surface area contributed by atoms with Crippen molar-refractivity contribution in [3.63, 3.8) is 0 Å². The van der Waals surface area contributed by atoms with Crippen LogP contribution in [0.4, 0.5) is 0 Å². The lowest BCUT2D eigenvalue weighted by Crippen LogP contribution is -2.37. The highest BCUT2D eigenvalue weighted by atomic mass is 16.4. The Hall–Kier alpha value is -3.44. The molecular formula is C40H51N3O2. The number of aliphatic carboxylic acids is 1. The molecule has 1 aromatic heterocycles. The van der Waals surface area contributed by atoms with E-state index in [0.717, 1.165) is 70.4 Å². The fourth-order valence-electron chi connectivity index (χ4n) is 8.68. The first-order valence-electron chi connectivity index (χ1n) is 17.4. The summed E-state index contributed by atoms with van der Waals surface area (Å²) in [6.45, 7) is 12.8. The largest absolute Gasteiger partial charge is 0.481 e. The molecule has 3 aromatic carbocycles. The molecule has 2 heterocycles. The quantitative estimate of drug-likeness (QED) is 0.186. The summed E-state index contributed by atoms with van der Waals surface area (Å²) in [6.07, 6.45) is 6.07. The summed E-state index contributed by atoms with van der Waals surface area (Å²) >= 11 is 0. The zero-order valence-corrected chi connectivity index (χ0v) is 27.7. The Morgan fingerprint density at radius 2 is 1.73 bits per heavy atom. The number of benzene rings is 3. The molecule has 5 atom stereocenters. The van der Waals surface area contributed by atoms with E-state index in [0.29, 0.717) is 17.8 Å². The molecule has 2 aliphatic rings. The van der Waals surface area contributed by atoms with Crippen molar-refractivity contribution in [2.45, 2.75) is 84.6 Å². The van der Waals surface area contributed by atoms with Gasteiger partial charge in [0.25, 0.3) is 0 Å². The molecule has 4 aromatic rings. The van der Waals surface area contributed by atoms with E-state index in [4.69, 9.17) is 5.10 Å². The van der Waals surface area contributed by atoms with Gasteiger partial charge in [-0.05, 0) is 104 Å². The average Bonchev–Trinajstić information content (AvgIpc) is 3.65. The molecule has 0 bridgehead atoms. The highest BCUT2D eigenvalue weighted by Crippen LogP contribution is 2.48. The number of nitrogens with zero attached hydrogens (tertiary/aromatic N) is 3. The molecule has 0 radical (unpaired) electrons. The van der Waals surface area contributed by atoms with Crippen LogP contribution < -0.4 is 0 Å². The second-order valence-electron chi connectivity index (χ2n) is 14.0. The Morgan fingerprint density at radius 1 is 0.978 bits per heavy atom. The molecule has 1 saturated carbocycles. The fourth-order valence-corrected chi connectivity index (χ4v) is 8.68. The molecule has 5 nitrogen and oxygen atoms in total. The van der Waals surface area contributed by atoms with Gasteiger partial charge < -0.3 is 10.0 Å². The molecule has 0 spiro atoms. The number of likely N-dealkylation sites (tertiary alicyclic amines) is 1. The van der Waals surface area contributed by atoms with E-state index in [9.17, 15) is 9.90 Å². The number of aromatic nitrogens is 2. The predicted molar refractivity (Wildman–Crippen MR) is 184 cm³/mol. The van der Waals surface area contributed by atoms with Crippen LogP contribution in [0, 0.1) is 30.6 Å². The highest BCUT2D eigenvalue weighted by molar-refractivity contribution is 5.85. The van der Waals surface area contributed by atoms with Crippen molar-refractivity contribution < 1.29 is 9.90 Å². The SMILES string of the molecule is CC[C@H](C)[C@H](C(=O)O)C1C[C@H](CN2CCC(c3cc(Cc4cccc5ccccc45)nn3CC)CC2)[C@@H](c2cccc(C)c2)C1. The Labute approximate surface area is 269 Å². The lowest BCUT2D eigenvalue weighted by Gasteiger charge is -2.35. The number of hydrogen-bond donors (Lipinski definition) is 1. The van der Waals surface area contributed by atoms with Crippen molar-refractivity contribution in [1.29, 1.82) is 0 Å². The Balaban J connectivity index is 1.14. The lowest BCUT2D eigenvalue weighted by molar-refractivity contribution is -0.145. The molecule has 5 heteroatoms. The molecule has 0 amide bonds. The van der Waals surface area contributed by atoms with E-state index in [1.807, 2.05) is 0 Å². The van der Waals surface area contributed by atoms with E-state index >= 15 is 0 Å². The average molecular weight is 606 g/mol. The van der Waals surface area contributed by atoms with Gasteiger partial charge in [0.15, 0.2) is 0 Å². The number of carboxylic acids is 1. The minimum absolute atomic E-state index is 0.203. The van der Waals surface area contributed by atoms with Gasteiger partial charge in [-0.25, -0.2) is 0 Å². The third-order valence-corrected chi connectivity index (χ3v) is 11.2. The number of hydrogen-bond acceptors (Lipinski definition) is 3. The first-order chi connectivity index (χ1) is 21.8. The van der Waals surface area contributed by atoms with Gasteiger partial charge in [-0.2, -0.15) is 5.10 Å². The summed E-state index contributed by atoms with van der Waals surface area (Å²) in [5, 5.41) is 17.9. The molecule has 45 heavy (non-hydrogen) atoms. The van der Waals surface area contributed by atoms with Crippen molar-refractivity contribution in [2.75, 3.05) is 19.6 Å². The van der Waals surface area contributed by atoms with E-state index in [-0.39, 0.29) is 17.8 Å². The summed E-state index contributed by atoms with van der Waals surface area (Å²) in [7, 11) is 0. The number of carboxylic acid groups (broad SMARTS) is 1. The van der Waals surface area contributed by atoms with Crippen LogP contribution in [0.2, 0.25) is 0 Å².